The van der Waals surface area contributed by atoms with Gasteiger partial charge in [-0.1, -0.05) is 0 Å². The second-order valence-corrected chi connectivity index (χ2v) is 9.08. The Labute approximate surface area is 161 Å². The van der Waals surface area contributed by atoms with Crippen LogP contribution in [-0.4, -0.2) is 78.2 Å². The maximum absolute atomic E-state index is 12.6. The third-order valence-electron chi connectivity index (χ3n) is 5.77. The predicted octanol–water partition coefficient (Wildman–Crippen LogP) is 2.65. The fourth-order valence-corrected chi connectivity index (χ4v) is 4.99. The topological polar surface area (TPSA) is 43.9 Å². The summed E-state index contributed by atoms with van der Waals surface area (Å²) in [5, 5.41) is 0. The molecule has 0 unspecified atom stereocenters. The zero-order valence-corrected chi connectivity index (χ0v) is 17.1. The van der Waals surface area contributed by atoms with Crippen LogP contribution >= 0.6 is 11.3 Å². The molecule has 6 heteroatoms. The molecular formula is C20H31N3O2S. The summed E-state index contributed by atoms with van der Waals surface area (Å²) in [6, 6.07) is 4.89. The number of hydrogen-bond acceptors (Lipinski definition) is 5. The molecule has 26 heavy (non-hydrogen) atoms. The summed E-state index contributed by atoms with van der Waals surface area (Å²) in [7, 11) is 2.19. The summed E-state index contributed by atoms with van der Waals surface area (Å²) < 4.78 is 0. The van der Waals surface area contributed by atoms with Crippen molar-refractivity contribution in [2.75, 3.05) is 39.8 Å². The Kier molecular flexibility index (Phi) is 6.48. The predicted molar refractivity (Wildman–Crippen MR) is 106 cm³/mol. The van der Waals surface area contributed by atoms with Gasteiger partial charge in [-0.05, 0) is 59.0 Å². The standard InChI is InChI=1S/C20H31N3O2S/c1-15-14-22(12-13-23(15)17-8-10-21(3)11-9-17)20(25)7-5-18(24)19-6-4-16(2)26-19/h4,6,15,17H,5,7-14H2,1-3H3/t15-/m1/s1. The Morgan fingerprint density at radius 3 is 2.46 bits per heavy atom. The van der Waals surface area contributed by atoms with E-state index in [1.807, 2.05) is 24.0 Å². The zero-order chi connectivity index (χ0) is 18.7. The number of piperazine rings is 1. The minimum absolute atomic E-state index is 0.0921. The van der Waals surface area contributed by atoms with E-state index >= 15 is 0 Å². The van der Waals surface area contributed by atoms with E-state index in [2.05, 4.69) is 23.8 Å². The quantitative estimate of drug-likeness (QED) is 0.740. The van der Waals surface area contributed by atoms with E-state index < -0.39 is 0 Å². The first-order valence-electron chi connectivity index (χ1n) is 9.75. The van der Waals surface area contributed by atoms with E-state index in [1.54, 1.807) is 0 Å². The van der Waals surface area contributed by atoms with Crippen molar-refractivity contribution in [1.82, 2.24) is 14.7 Å². The van der Waals surface area contributed by atoms with Crippen LogP contribution in [0.3, 0.4) is 0 Å². The van der Waals surface area contributed by atoms with Crippen LogP contribution in [-0.2, 0) is 4.79 Å². The average molecular weight is 378 g/mol. The molecule has 0 bridgehead atoms. The Morgan fingerprint density at radius 2 is 1.85 bits per heavy atom. The lowest BCUT2D eigenvalue weighted by Gasteiger charge is -2.46. The number of piperidine rings is 1. The van der Waals surface area contributed by atoms with Crippen LogP contribution in [0.2, 0.25) is 0 Å². The van der Waals surface area contributed by atoms with E-state index in [0.717, 1.165) is 29.4 Å². The second-order valence-electron chi connectivity index (χ2n) is 7.79. The van der Waals surface area contributed by atoms with E-state index in [9.17, 15) is 9.59 Å². The minimum atomic E-state index is 0.0921. The first kappa shape index (κ1) is 19.5. The number of rotatable bonds is 5. The molecule has 3 rings (SSSR count). The maximum atomic E-state index is 12.6. The molecule has 2 aliphatic heterocycles. The Morgan fingerprint density at radius 1 is 1.12 bits per heavy atom. The summed E-state index contributed by atoms with van der Waals surface area (Å²) in [6.45, 7) is 9.11. The summed E-state index contributed by atoms with van der Waals surface area (Å²) in [5.41, 5.74) is 0. The Bertz CT molecular complexity index is 637. The van der Waals surface area contributed by atoms with Gasteiger partial charge in [-0.15, -0.1) is 11.3 Å². The normalized spacial score (nSPS) is 23.3. The summed E-state index contributed by atoms with van der Waals surface area (Å²) >= 11 is 1.52. The lowest BCUT2D eigenvalue weighted by atomic mass is 10.00. The van der Waals surface area contributed by atoms with Crippen LogP contribution in [0.25, 0.3) is 0 Å². The number of thiophene rings is 1. The van der Waals surface area contributed by atoms with Crippen molar-refractivity contribution in [3.8, 4) is 0 Å². The number of carbonyl (C=O) groups is 2. The smallest absolute Gasteiger partial charge is 0.223 e. The fourth-order valence-electron chi connectivity index (χ4n) is 4.15. The van der Waals surface area contributed by atoms with Gasteiger partial charge in [0.25, 0.3) is 0 Å². The van der Waals surface area contributed by atoms with Gasteiger partial charge in [0.1, 0.15) is 0 Å². The molecule has 0 saturated carbocycles. The lowest BCUT2D eigenvalue weighted by molar-refractivity contribution is -0.134. The van der Waals surface area contributed by atoms with Gasteiger partial charge in [-0.3, -0.25) is 14.5 Å². The highest BCUT2D eigenvalue weighted by Gasteiger charge is 2.32. The molecule has 1 atom stereocenters. The summed E-state index contributed by atoms with van der Waals surface area (Å²) in [6.07, 6.45) is 3.10. The number of aryl methyl sites for hydroxylation is 1. The van der Waals surface area contributed by atoms with Gasteiger partial charge >= 0.3 is 0 Å². The first-order valence-corrected chi connectivity index (χ1v) is 10.6. The molecule has 144 valence electrons. The van der Waals surface area contributed by atoms with Crippen LogP contribution in [0.15, 0.2) is 12.1 Å². The van der Waals surface area contributed by atoms with Crippen molar-refractivity contribution in [3.05, 3.63) is 21.9 Å². The van der Waals surface area contributed by atoms with E-state index in [-0.39, 0.29) is 11.7 Å². The number of nitrogens with zero attached hydrogens (tertiary/aromatic N) is 3. The summed E-state index contributed by atoms with van der Waals surface area (Å²) in [4.78, 5) is 33.6. The minimum Gasteiger partial charge on any atom is -0.340 e. The molecule has 3 heterocycles. The van der Waals surface area contributed by atoms with E-state index in [0.29, 0.717) is 24.9 Å². The molecule has 2 saturated heterocycles. The molecule has 1 aromatic heterocycles. The van der Waals surface area contributed by atoms with Gasteiger partial charge in [-0.2, -0.15) is 0 Å². The van der Waals surface area contributed by atoms with E-state index in [1.165, 1.54) is 37.3 Å². The molecule has 0 aliphatic carbocycles. The van der Waals surface area contributed by atoms with Gasteiger partial charge in [0.15, 0.2) is 5.78 Å². The SMILES string of the molecule is Cc1ccc(C(=O)CCC(=O)N2CCN(C3CCN(C)CC3)[C@H](C)C2)s1. The van der Waals surface area contributed by atoms with Crippen LogP contribution in [0.4, 0.5) is 0 Å². The number of hydrogen-bond donors (Lipinski definition) is 0. The first-order chi connectivity index (χ1) is 12.4. The highest BCUT2D eigenvalue weighted by molar-refractivity contribution is 7.14. The van der Waals surface area contributed by atoms with Crippen molar-refractivity contribution in [1.29, 1.82) is 0 Å². The number of ketones is 1. The molecule has 1 amide bonds. The van der Waals surface area contributed by atoms with Gasteiger partial charge in [0, 0.05) is 49.4 Å². The van der Waals surface area contributed by atoms with Crippen LogP contribution in [0, 0.1) is 6.92 Å². The molecule has 5 nitrogen and oxygen atoms in total. The van der Waals surface area contributed by atoms with Gasteiger partial charge in [0.2, 0.25) is 5.91 Å². The van der Waals surface area contributed by atoms with Gasteiger partial charge in [-0.25, -0.2) is 0 Å². The number of Topliss-reactive ketones (excluding diaryl/α,β-unsaturated/α-hetero) is 1. The van der Waals surface area contributed by atoms with E-state index in [4.69, 9.17) is 0 Å². The molecule has 2 fully saturated rings. The van der Waals surface area contributed by atoms with Gasteiger partial charge in [0.05, 0.1) is 4.88 Å². The molecule has 2 aliphatic rings. The Hall–Kier alpha value is -1.24. The highest BCUT2D eigenvalue weighted by atomic mass is 32.1. The average Bonchev–Trinajstić information content (AvgIpc) is 3.07. The van der Waals surface area contributed by atoms with Crippen molar-refractivity contribution in [2.45, 2.75) is 51.6 Å². The van der Waals surface area contributed by atoms with Crippen LogP contribution < -0.4 is 0 Å². The molecule has 0 radical (unpaired) electrons. The number of likely N-dealkylation sites (tertiary alicyclic amines) is 1. The zero-order valence-electron chi connectivity index (χ0n) is 16.2. The number of carbonyl (C=O) groups excluding carboxylic acids is 2. The fraction of sp³-hybridized carbons (Fsp3) is 0.700. The van der Waals surface area contributed by atoms with Crippen molar-refractivity contribution < 1.29 is 9.59 Å². The van der Waals surface area contributed by atoms with Crippen molar-refractivity contribution in [3.63, 3.8) is 0 Å². The lowest BCUT2D eigenvalue weighted by Crippen LogP contribution is -2.58. The molecular weight excluding hydrogens is 346 g/mol. The molecule has 0 N–H and O–H groups in total. The van der Waals surface area contributed by atoms with Gasteiger partial charge < -0.3 is 9.80 Å². The summed E-state index contributed by atoms with van der Waals surface area (Å²) in [5.74, 6) is 0.218. The number of amides is 1. The van der Waals surface area contributed by atoms with Crippen LogP contribution in [0.5, 0.6) is 0 Å². The molecule has 1 aromatic rings. The van der Waals surface area contributed by atoms with Crippen molar-refractivity contribution in [2.24, 2.45) is 0 Å². The van der Waals surface area contributed by atoms with Crippen molar-refractivity contribution >= 4 is 23.0 Å². The third-order valence-corrected chi connectivity index (χ3v) is 6.81. The van der Waals surface area contributed by atoms with Crippen LogP contribution in [0.1, 0.15) is 47.2 Å². The third kappa shape index (κ3) is 4.72. The molecule has 0 spiro atoms. The molecule has 0 aromatic carbocycles. The highest BCUT2D eigenvalue weighted by Crippen LogP contribution is 2.22. The monoisotopic (exact) mass is 377 g/mol. The second kappa shape index (κ2) is 8.63. The maximum Gasteiger partial charge on any atom is 0.223 e. The largest absolute Gasteiger partial charge is 0.340 e. The Balaban J connectivity index is 1.45.